The molecular weight excluding hydrogens is 428 g/mol. The molecule has 168 valence electrons. The molecule has 0 unspecified atom stereocenters. The standard InChI is InChI=1S/C22H26N6O3S/c1-14(2)24-20(29)22(31)27-8-6-26(7-9-27)21(30)17-11-15(3)25-19-18(17)12-23-28(19)13-16-5-4-10-32-16/h4-5,10-12,14H,6-9,13H2,1-3H3,(H,24,29). The van der Waals surface area contributed by atoms with Gasteiger partial charge in [0.1, 0.15) is 0 Å². The lowest BCUT2D eigenvalue weighted by Gasteiger charge is -2.34. The lowest BCUT2D eigenvalue weighted by Crippen LogP contribution is -2.54. The number of hydrogen-bond acceptors (Lipinski definition) is 6. The summed E-state index contributed by atoms with van der Waals surface area (Å²) in [5.74, 6) is -1.28. The number of hydrogen-bond donors (Lipinski definition) is 1. The molecule has 3 amide bonds. The van der Waals surface area contributed by atoms with E-state index in [-0.39, 0.29) is 11.9 Å². The number of pyridine rings is 1. The summed E-state index contributed by atoms with van der Waals surface area (Å²) >= 11 is 1.65. The normalized spacial score (nSPS) is 14.2. The number of aryl methyl sites for hydroxylation is 1. The number of carbonyl (C=O) groups excluding carboxylic acids is 3. The van der Waals surface area contributed by atoms with Gasteiger partial charge in [0.15, 0.2) is 5.65 Å². The number of piperazine rings is 1. The van der Waals surface area contributed by atoms with Gasteiger partial charge in [0.25, 0.3) is 5.91 Å². The van der Waals surface area contributed by atoms with E-state index in [1.54, 1.807) is 28.5 Å². The summed E-state index contributed by atoms with van der Waals surface area (Å²) in [4.78, 5) is 46.6. The third-order valence-electron chi connectivity index (χ3n) is 5.32. The Balaban J connectivity index is 1.49. The molecule has 0 spiro atoms. The van der Waals surface area contributed by atoms with Crippen LogP contribution in [0.4, 0.5) is 0 Å². The number of thiophene rings is 1. The SMILES string of the molecule is Cc1cc(C(=O)N2CCN(C(=O)C(=O)NC(C)C)CC2)c2cnn(Cc3cccs3)c2n1. The highest BCUT2D eigenvalue weighted by Gasteiger charge is 2.29. The smallest absolute Gasteiger partial charge is 0.312 e. The first-order valence-electron chi connectivity index (χ1n) is 10.6. The van der Waals surface area contributed by atoms with E-state index in [2.05, 4.69) is 15.4 Å². The van der Waals surface area contributed by atoms with Crippen molar-refractivity contribution in [3.8, 4) is 0 Å². The third kappa shape index (κ3) is 4.50. The molecule has 0 radical (unpaired) electrons. The lowest BCUT2D eigenvalue weighted by atomic mass is 10.1. The molecule has 9 nitrogen and oxygen atoms in total. The van der Waals surface area contributed by atoms with Crippen LogP contribution in [0, 0.1) is 6.92 Å². The van der Waals surface area contributed by atoms with Crippen LogP contribution in [0.5, 0.6) is 0 Å². The summed E-state index contributed by atoms with van der Waals surface area (Å²) in [5, 5.41) is 9.82. The van der Waals surface area contributed by atoms with Gasteiger partial charge in [0, 0.05) is 42.8 Å². The fourth-order valence-electron chi connectivity index (χ4n) is 3.77. The van der Waals surface area contributed by atoms with E-state index >= 15 is 0 Å². The maximum atomic E-state index is 13.3. The summed E-state index contributed by atoms with van der Waals surface area (Å²) in [7, 11) is 0. The predicted octanol–water partition coefficient (Wildman–Crippen LogP) is 1.66. The molecule has 1 fully saturated rings. The number of nitrogens with zero attached hydrogens (tertiary/aromatic N) is 5. The van der Waals surface area contributed by atoms with E-state index in [9.17, 15) is 14.4 Å². The van der Waals surface area contributed by atoms with Crippen molar-refractivity contribution in [2.45, 2.75) is 33.4 Å². The number of rotatable bonds is 4. The van der Waals surface area contributed by atoms with E-state index in [4.69, 9.17) is 0 Å². The minimum absolute atomic E-state index is 0.104. The minimum atomic E-state index is -0.607. The highest BCUT2D eigenvalue weighted by molar-refractivity contribution is 7.09. The molecule has 32 heavy (non-hydrogen) atoms. The van der Waals surface area contributed by atoms with Gasteiger partial charge in [-0.25, -0.2) is 9.67 Å². The Morgan fingerprint density at radius 3 is 2.53 bits per heavy atom. The van der Waals surface area contributed by atoms with Gasteiger partial charge in [-0.15, -0.1) is 11.3 Å². The highest BCUT2D eigenvalue weighted by Crippen LogP contribution is 2.22. The van der Waals surface area contributed by atoms with Crippen LogP contribution in [-0.4, -0.2) is 74.5 Å². The summed E-state index contributed by atoms with van der Waals surface area (Å²) in [6.45, 7) is 7.45. The minimum Gasteiger partial charge on any atom is -0.346 e. The van der Waals surface area contributed by atoms with Crippen molar-refractivity contribution in [2.24, 2.45) is 0 Å². The maximum Gasteiger partial charge on any atom is 0.312 e. The van der Waals surface area contributed by atoms with Crippen LogP contribution in [0.1, 0.15) is 34.8 Å². The van der Waals surface area contributed by atoms with E-state index in [1.807, 2.05) is 43.0 Å². The van der Waals surface area contributed by atoms with Crippen molar-refractivity contribution in [2.75, 3.05) is 26.2 Å². The zero-order valence-electron chi connectivity index (χ0n) is 18.4. The summed E-state index contributed by atoms with van der Waals surface area (Å²) in [6.07, 6.45) is 1.69. The Bertz CT molecular complexity index is 1150. The van der Waals surface area contributed by atoms with Gasteiger partial charge in [0.2, 0.25) is 0 Å². The Morgan fingerprint density at radius 1 is 1.16 bits per heavy atom. The molecule has 0 atom stereocenters. The number of aromatic nitrogens is 3. The second kappa shape index (κ2) is 9.07. The molecule has 1 saturated heterocycles. The molecule has 0 bridgehead atoms. The van der Waals surface area contributed by atoms with Crippen molar-refractivity contribution in [1.29, 1.82) is 0 Å². The Morgan fingerprint density at radius 2 is 1.88 bits per heavy atom. The van der Waals surface area contributed by atoms with E-state index < -0.39 is 11.8 Å². The van der Waals surface area contributed by atoms with Crippen molar-refractivity contribution in [1.82, 2.24) is 29.9 Å². The molecule has 1 aliphatic heterocycles. The molecule has 3 aromatic heterocycles. The summed E-state index contributed by atoms with van der Waals surface area (Å²) < 4.78 is 1.81. The van der Waals surface area contributed by atoms with Crippen LogP contribution in [0.2, 0.25) is 0 Å². The van der Waals surface area contributed by atoms with Gasteiger partial charge in [-0.05, 0) is 38.3 Å². The van der Waals surface area contributed by atoms with Gasteiger partial charge >= 0.3 is 11.8 Å². The second-order valence-electron chi connectivity index (χ2n) is 8.14. The molecule has 3 aromatic rings. The monoisotopic (exact) mass is 454 g/mol. The topological polar surface area (TPSA) is 100 Å². The predicted molar refractivity (Wildman–Crippen MR) is 121 cm³/mol. The maximum absolute atomic E-state index is 13.3. The number of fused-ring (bicyclic) bond motifs is 1. The van der Waals surface area contributed by atoms with Crippen molar-refractivity contribution in [3.63, 3.8) is 0 Å². The first-order valence-corrected chi connectivity index (χ1v) is 11.5. The average Bonchev–Trinajstić information content (AvgIpc) is 3.42. The summed E-state index contributed by atoms with van der Waals surface area (Å²) in [5.41, 5.74) is 1.98. The molecule has 0 saturated carbocycles. The molecule has 4 heterocycles. The first kappa shape index (κ1) is 21.9. The fourth-order valence-corrected chi connectivity index (χ4v) is 4.45. The largest absolute Gasteiger partial charge is 0.346 e. The summed E-state index contributed by atoms with van der Waals surface area (Å²) in [6, 6.07) is 5.72. The molecule has 0 aromatic carbocycles. The molecule has 1 N–H and O–H groups in total. The van der Waals surface area contributed by atoms with Crippen molar-refractivity contribution in [3.05, 3.63) is 45.9 Å². The van der Waals surface area contributed by atoms with Gasteiger partial charge in [-0.1, -0.05) is 6.07 Å². The first-order chi connectivity index (χ1) is 15.3. The molecule has 10 heteroatoms. The van der Waals surface area contributed by atoms with Crippen LogP contribution in [0.3, 0.4) is 0 Å². The number of carbonyl (C=O) groups is 3. The molecule has 1 aliphatic rings. The zero-order valence-corrected chi connectivity index (χ0v) is 19.2. The van der Waals surface area contributed by atoms with Crippen LogP contribution in [-0.2, 0) is 16.1 Å². The van der Waals surface area contributed by atoms with Gasteiger partial charge in [-0.2, -0.15) is 5.10 Å². The molecular formula is C22H26N6O3S. The van der Waals surface area contributed by atoms with Crippen molar-refractivity contribution >= 4 is 40.1 Å². The van der Waals surface area contributed by atoms with Crippen LogP contribution in [0.15, 0.2) is 29.8 Å². The number of nitrogens with one attached hydrogen (secondary N) is 1. The van der Waals surface area contributed by atoms with Crippen LogP contribution in [0.25, 0.3) is 11.0 Å². The lowest BCUT2D eigenvalue weighted by molar-refractivity contribution is -0.147. The second-order valence-corrected chi connectivity index (χ2v) is 9.17. The Hall–Kier alpha value is -3.27. The van der Waals surface area contributed by atoms with Gasteiger partial charge < -0.3 is 15.1 Å². The van der Waals surface area contributed by atoms with Crippen molar-refractivity contribution < 1.29 is 14.4 Å². The van der Waals surface area contributed by atoms with Gasteiger partial charge in [-0.3, -0.25) is 14.4 Å². The quantitative estimate of drug-likeness (QED) is 0.605. The Kier molecular flexibility index (Phi) is 6.22. The third-order valence-corrected chi connectivity index (χ3v) is 6.18. The van der Waals surface area contributed by atoms with Crippen LogP contribution >= 0.6 is 11.3 Å². The molecule has 0 aliphatic carbocycles. The number of amides is 3. The highest BCUT2D eigenvalue weighted by atomic mass is 32.1. The Labute approximate surface area is 190 Å². The van der Waals surface area contributed by atoms with Crippen LogP contribution < -0.4 is 5.32 Å². The fraction of sp³-hybridized carbons (Fsp3) is 0.409. The molecule has 4 rings (SSSR count). The van der Waals surface area contributed by atoms with Gasteiger partial charge in [0.05, 0.1) is 23.7 Å². The zero-order chi connectivity index (χ0) is 22.8. The average molecular weight is 455 g/mol. The van der Waals surface area contributed by atoms with E-state index in [0.717, 1.165) is 10.6 Å². The van der Waals surface area contributed by atoms with E-state index in [0.29, 0.717) is 49.3 Å². The van der Waals surface area contributed by atoms with E-state index in [1.165, 1.54) is 4.90 Å².